The van der Waals surface area contributed by atoms with Crippen molar-refractivity contribution in [3.05, 3.63) is 90.0 Å². The molecule has 0 bridgehead atoms. The van der Waals surface area contributed by atoms with Crippen LogP contribution in [0.15, 0.2) is 78.9 Å². The number of hydrogen-bond acceptors (Lipinski definition) is 1. The molecule has 1 aromatic heterocycles. The van der Waals surface area contributed by atoms with Gasteiger partial charge in [-0.25, -0.2) is 4.98 Å². The summed E-state index contributed by atoms with van der Waals surface area (Å²) >= 11 is 0. The summed E-state index contributed by atoms with van der Waals surface area (Å²) in [6, 6.07) is 26.8. The molecule has 0 aliphatic heterocycles. The molecule has 0 radical (unpaired) electrons. The van der Waals surface area contributed by atoms with Gasteiger partial charge < -0.3 is 4.57 Å². The van der Waals surface area contributed by atoms with Crippen molar-refractivity contribution in [3.8, 4) is 23.2 Å². The van der Waals surface area contributed by atoms with Crippen LogP contribution in [0.5, 0.6) is 0 Å². The van der Waals surface area contributed by atoms with Gasteiger partial charge >= 0.3 is 0 Å². The molecule has 0 spiro atoms. The molecule has 2 nitrogen and oxygen atoms in total. The lowest BCUT2D eigenvalue weighted by Gasteiger charge is -2.08. The fraction of sp³-hybridized carbons (Fsp3) is 0.160. The summed E-state index contributed by atoms with van der Waals surface area (Å²) < 4.78 is 2.34. The van der Waals surface area contributed by atoms with Crippen LogP contribution in [-0.2, 0) is 6.54 Å². The number of benzene rings is 3. The van der Waals surface area contributed by atoms with Crippen molar-refractivity contribution in [1.82, 2.24) is 9.55 Å². The van der Waals surface area contributed by atoms with E-state index in [0.717, 1.165) is 41.0 Å². The van der Waals surface area contributed by atoms with Crippen molar-refractivity contribution < 1.29 is 0 Å². The van der Waals surface area contributed by atoms with E-state index in [1.807, 2.05) is 36.4 Å². The van der Waals surface area contributed by atoms with Crippen molar-refractivity contribution in [1.29, 1.82) is 0 Å². The highest BCUT2D eigenvalue weighted by molar-refractivity contribution is 5.80. The maximum atomic E-state index is 4.89. The number of imidazole rings is 1. The van der Waals surface area contributed by atoms with Crippen molar-refractivity contribution >= 4 is 11.0 Å². The molecule has 0 fully saturated rings. The number of aromatic nitrogens is 2. The van der Waals surface area contributed by atoms with Crippen LogP contribution in [0.2, 0.25) is 0 Å². The van der Waals surface area contributed by atoms with E-state index >= 15 is 0 Å². The summed E-state index contributed by atoms with van der Waals surface area (Å²) in [7, 11) is 0. The molecule has 2 heteroatoms. The first-order chi connectivity index (χ1) is 13.3. The van der Waals surface area contributed by atoms with Crippen LogP contribution in [0.4, 0.5) is 0 Å². The summed E-state index contributed by atoms with van der Waals surface area (Å²) in [5, 5.41) is 0. The Morgan fingerprint density at radius 3 is 2.19 bits per heavy atom. The molecule has 132 valence electrons. The number of nitrogens with zero attached hydrogens (tertiary/aromatic N) is 2. The number of fused-ring (bicyclic) bond motifs is 1. The molecule has 1 heterocycles. The van der Waals surface area contributed by atoms with Crippen molar-refractivity contribution in [3.63, 3.8) is 0 Å². The molecule has 0 atom stereocenters. The lowest BCUT2D eigenvalue weighted by molar-refractivity contribution is 0.651. The smallest absolute Gasteiger partial charge is 0.141 e. The Kier molecular flexibility index (Phi) is 5.03. The lowest BCUT2D eigenvalue weighted by atomic mass is 10.1. The second-order valence-corrected chi connectivity index (χ2v) is 6.62. The Morgan fingerprint density at radius 2 is 1.44 bits per heavy atom. The van der Waals surface area contributed by atoms with Gasteiger partial charge in [-0.1, -0.05) is 67.6 Å². The van der Waals surface area contributed by atoms with Gasteiger partial charge in [-0.3, -0.25) is 0 Å². The predicted molar refractivity (Wildman–Crippen MR) is 112 cm³/mol. The summed E-state index contributed by atoms with van der Waals surface area (Å²) in [5.74, 6) is 7.48. The van der Waals surface area contributed by atoms with E-state index in [1.54, 1.807) is 0 Å². The van der Waals surface area contributed by atoms with E-state index in [0.29, 0.717) is 0 Å². The van der Waals surface area contributed by atoms with E-state index in [9.17, 15) is 0 Å². The lowest BCUT2D eigenvalue weighted by Crippen LogP contribution is -2.00. The van der Waals surface area contributed by atoms with Gasteiger partial charge in [-0.2, -0.15) is 0 Å². The Hall–Kier alpha value is -3.31. The molecule has 0 N–H and O–H groups in total. The molecule has 0 saturated heterocycles. The van der Waals surface area contributed by atoms with Crippen LogP contribution < -0.4 is 0 Å². The second-order valence-electron chi connectivity index (χ2n) is 6.62. The standard InChI is InChI=1S/C25H22N2/c1-2-3-19-27-24-12-8-7-11-23(24)26-25(27)22-17-15-21(16-18-22)14-13-20-9-5-4-6-10-20/h4-12,15-18H,2-3,19H2,1H3. The van der Waals surface area contributed by atoms with Crippen LogP contribution in [-0.4, -0.2) is 9.55 Å². The molecule has 0 saturated carbocycles. The van der Waals surface area contributed by atoms with Gasteiger partial charge in [0.1, 0.15) is 5.82 Å². The van der Waals surface area contributed by atoms with Crippen molar-refractivity contribution in [2.75, 3.05) is 0 Å². The molecule has 0 aliphatic rings. The normalized spacial score (nSPS) is 10.6. The monoisotopic (exact) mass is 350 g/mol. The van der Waals surface area contributed by atoms with Crippen molar-refractivity contribution in [2.45, 2.75) is 26.3 Å². The predicted octanol–water partition coefficient (Wildman–Crippen LogP) is 5.90. The summed E-state index contributed by atoms with van der Waals surface area (Å²) in [5.41, 5.74) is 5.43. The largest absolute Gasteiger partial charge is 0.324 e. The van der Waals surface area contributed by atoms with E-state index in [4.69, 9.17) is 4.98 Å². The third kappa shape index (κ3) is 3.78. The first-order valence-corrected chi connectivity index (χ1v) is 9.48. The van der Waals surface area contributed by atoms with Gasteiger partial charge in [0, 0.05) is 23.2 Å². The molecule has 0 amide bonds. The van der Waals surface area contributed by atoms with Gasteiger partial charge in [0.05, 0.1) is 11.0 Å². The zero-order valence-corrected chi connectivity index (χ0v) is 15.5. The Morgan fingerprint density at radius 1 is 0.778 bits per heavy atom. The average molecular weight is 350 g/mol. The van der Waals surface area contributed by atoms with Gasteiger partial charge in [-0.05, 0) is 42.8 Å². The Balaban J connectivity index is 1.67. The van der Waals surface area contributed by atoms with Crippen LogP contribution in [0.1, 0.15) is 30.9 Å². The molecule has 0 aliphatic carbocycles. The second kappa shape index (κ2) is 7.93. The van der Waals surface area contributed by atoms with E-state index in [-0.39, 0.29) is 0 Å². The van der Waals surface area contributed by atoms with E-state index in [2.05, 4.69) is 65.8 Å². The van der Waals surface area contributed by atoms with Gasteiger partial charge in [0.15, 0.2) is 0 Å². The highest BCUT2D eigenvalue weighted by Gasteiger charge is 2.11. The number of para-hydroxylation sites is 2. The first kappa shape index (κ1) is 17.1. The molecule has 3 aromatic carbocycles. The molecule has 4 aromatic rings. The molecule has 4 rings (SSSR count). The molecule has 27 heavy (non-hydrogen) atoms. The van der Waals surface area contributed by atoms with Gasteiger partial charge in [-0.15, -0.1) is 0 Å². The molecular weight excluding hydrogens is 328 g/mol. The van der Waals surface area contributed by atoms with Crippen LogP contribution in [0.3, 0.4) is 0 Å². The third-order valence-corrected chi connectivity index (χ3v) is 4.66. The number of unbranched alkanes of at least 4 members (excludes halogenated alkanes) is 1. The highest BCUT2D eigenvalue weighted by Crippen LogP contribution is 2.25. The minimum Gasteiger partial charge on any atom is -0.324 e. The topological polar surface area (TPSA) is 17.8 Å². The summed E-state index contributed by atoms with van der Waals surface area (Å²) in [6.07, 6.45) is 2.31. The SMILES string of the molecule is CCCCn1c(-c2ccc(C#Cc3ccccc3)cc2)nc2ccccc21. The van der Waals surface area contributed by atoms with E-state index in [1.165, 1.54) is 11.9 Å². The Bertz CT molecular complexity index is 1090. The average Bonchev–Trinajstić information content (AvgIpc) is 3.10. The fourth-order valence-corrected chi connectivity index (χ4v) is 3.21. The zero-order valence-electron chi connectivity index (χ0n) is 15.5. The summed E-state index contributed by atoms with van der Waals surface area (Å²) in [4.78, 5) is 4.89. The minimum atomic E-state index is 0.988. The third-order valence-electron chi connectivity index (χ3n) is 4.66. The fourth-order valence-electron chi connectivity index (χ4n) is 3.21. The number of rotatable bonds is 4. The zero-order chi connectivity index (χ0) is 18.5. The van der Waals surface area contributed by atoms with Gasteiger partial charge in [0.25, 0.3) is 0 Å². The first-order valence-electron chi connectivity index (χ1n) is 9.48. The maximum Gasteiger partial charge on any atom is 0.141 e. The van der Waals surface area contributed by atoms with Crippen LogP contribution in [0.25, 0.3) is 22.4 Å². The van der Waals surface area contributed by atoms with Crippen molar-refractivity contribution in [2.24, 2.45) is 0 Å². The van der Waals surface area contributed by atoms with Crippen LogP contribution in [0, 0.1) is 11.8 Å². The van der Waals surface area contributed by atoms with Gasteiger partial charge in [0.2, 0.25) is 0 Å². The van der Waals surface area contributed by atoms with Crippen LogP contribution >= 0.6 is 0 Å². The minimum absolute atomic E-state index is 0.988. The quantitative estimate of drug-likeness (QED) is 0.419. The Labute approximate surface area is 160 Å². The summed E-state index contributed by atoms with van der Waals surface area (Å²) in [6.45, 7) is 3.21. The number of aryl methyl sites for hydroxylation is 1. The maximum absolute atomic E-state index is 4.89. The molecule has 0 unspecified atom stereocenters. The molecular formula is C25H22N2. The highest BCUT2D eigenvalue weighted by atomic mass is 15.1. The van der Waals surface area contributed by atoms with E-state index < -0.39 is 0 Å². The number of hydrogen-bond donors (Lipinski definition) is 0.